The van der Waals surface area contributed by atoms with E-state index in [4.69, 9.17) is 17.3 Å². The van der Waals surface area contributed by atoms with Crippen molar-refractivity contribution >= 4 is 23.4 Å². The summed E-state index contributed by atoms with van der Waals surface area (Å²) >= 11 is 5.92. The summed E-state index contributed by atoms with van der Waals surface area (Å²) in [5, 5.41) is 3.57. The van der Waals surface area contributed by atoms with Crippen LogP contribution in [-0.4, -0.2) is 9.97 Å². The van der Waals surface area contributed by atoms with Crippen molar-refractivity contribution in [2.24, 2.45) is 0 Å². The molecule has 0 radical (unpaired) electrons. The number of nitrogen functional groups attached to an aromatic ring is 1. The van der Waals surface area contributed by atoms with Crippen LogP contribution in [0.5, 0.6) is 0 Å². The van der Waals surface area contributed by atoms with Gasteiger partial charge in [0, 0.05) is 6.54 Å². The molecule has 0 aliphatic rings. The number of anilines is 2. The van der Waals surface area contributed by atoms with Crippen molar-refractivity contribution in [2.75, 3.05) is 11.1 Å². The van der Waals surface area contributed by atoms with Crippen molar-refractivity contribution in [2.45, 2.75) is 6.54 Å². The van der Waals surface area contributed by atoms with Gasteiger partial charge < -0.3 is 11.1 Å². The van der Waals surface area contributed by atoms with Crippen molar-refractivity contribution in [3.05, 3.63) is 47.1 Å². The highest BCUT2D eigenvalue weighted by molar-refractivity contribution is 6.32. The molecule has 0 atom stereocenters. The van der Waals surface area contributed by atoms with Crippen LogP contribution in [0.2, 0.25) is 5.02 Å². The van der Waals surface area contributed by atoms with E-state index < -0.39 is 0 Å². The zero-order chi connectivity index (χ0) is 11.4. The molecule has 0 bridgehead atoms. The maximum Gasteiger partial charge on any atom is 0.222 e. The molecule has 16 heavy (non-hydrogen) atoms. The SMILES string of the molecule is Nc1ncc(Cl)c(NCc2ccccc2)n1. The summed E-state index contributed by atoms with van der Waals surface area (Å²) in [5.74, 6) is 0.762. The van der Waals surface area contributed by atoms with Crippen molar-refractivity contribution in [3.63, 3.8) is 0 Å². The number of hydrogen-bond donors (Lipinski definition) is 2. The standard InChI is InChI=1S/C11H11ClN4/c12-9-7-15-11(13)16-10(9)14-6-8-4-2-1-3-5-8/h1-5,7H,6H2,(H3,13,14,15,16). The van der Waals surface area contributed by atoms with Crippen molar-refractivity contribution in [3.8, 4) is 0 Å². The highest BCUT2D eigenvalue weighted by Crippen LogP contribution is 2.18. The Kier molecular flexibility index (Phi) is 3.22. The molecule has 0 aliphatic carbocycles. The third-order valence-corrected chi connectivity index (χ3v) is 2.34. The molecule has 0 fully saturated rings. The lowest BCUT2D eigenvalue weighted by atomic mass is 10.2. The minimum Gasteiger partial charge on any atom is -0.368 e. The summed E-state index contributed by atoms with van der Waals surface area (Å²) in [6, 6.07) is 9.97. The lowest BCUT2D eigenvalue weighted by molar-refractivity contribution is 1.09. The van der Waals surface area contributed by atoms with Gasteiger partial charge in [-0.3, -0.25) is 0 Å². The molecule has 0 aliphatic heterocycles. The van der Waals surface area contributed by atoms with Crippen LogP contribution in [0.3, 0.4) is 0 Å². The number of benzene rings is 1. The van der Waals surface area contributed by atoms with E-state index in [0.717, 1.165) is 5.56 Å². The fourth-order valence-electron chi connectivity index (χ4n) is 1.29. The summed E-state index contributed by atoms with van der Waals surface area (Å²) in [7, 11) is 0. The number of rotatable bonds is 3. The molecular formula is C11H11ClN4. The zero-order valence-corrected chi connectivity index (χ0v) is 9.28. The van der Waals surface area contributed by atoms with Crippen LogP contribution in [0, 0.1) is 0 Å². The van der Waals surface area contributed by atoms with Gasteiger partial charge in [0.15, 0.2) is 5.82 Å². The van der Waals surface area contributed by atoms with Crippen LogP contribution in [0.15, 0.2) is 36.5 Å². The van der Waals surface area contributed by atoms with Gasteiger partial charge in [-0.15, -0.1) is 0 Å². The number of aromatic nitrogens is 2. The zero-order valence-electron chi connectivity index (χ0n) is 8.52. The molecule has 1 aromatic carbocycles. The van der Waals surface area contributed by atoms with E-state index in [2.05, 4.69) is 15.3 Å². The second-order valence-electron chi connectivity index (χ2n) is 3.26. The van der Waals surface area contributed by atoms with Gasteiger partial charge in [-0.2, -0.15) is 4.98 Å². The van der Waals surface area contributed by atoms with Crippen LogP contribution >= 0.6 is 11.6 Å². The van der Waals surface area contributed by atoms with E-state index >= 15 is 0 Å². The van der Waals surface area contributed by atoms with E-state index in [1.165, 1.54) is 6.20 Å². The molecule has 1 heterocycles. The fourth-order valence-corrected chi connectivity index (χ4v) is 1.44. The first kappa shape index (κ1) is 10.7. The first-order valence-electron chi connectivity index (χ1n) is 4.81. The minimum absolute atomic E-state index is 0.208. The summed E-state index contributed by atoms with van der Waals surface area (Å²) < 4.78 is 0. The predicted octanol–water partition coefficient (Wildman–Crippen LogP) is 2.32. The average Bonchev–Trinajstić information content (AvgIpc) is 2.32. The summed E-state index contributed by atoms with van der Waals surface area (Å²) in [6.07, 6.45) is 1.48. The van der Waals surface area contributed by atoms with E-state index in [1.807, 2.05) is 30.3 Å². The van der Waals surface area contributed by atoms with Crippen LogP contribution in [0.1, 0.15) is 5.56 Å². The molecule has 4 nitrogen and oxygen atoms in total. The average molecular weight is 235 g/mol. The van der Waals surface area contributed by atoms with Crippen molar-refractivity contribution in [1.29, 1.82) is 0 Å². The van der Waals surface area contributed by atoms with Crippen molar-refractivity contribution in [1.82, 2.24) is 9.97 Å². The Labute approximate surface area is 98.5 Å². The third kappa shape index (κ3) is 2.61. The Hall–Kier alpha value is -1.81. The van der Waals surface area contributed by atoms with Gasteiger partial charge in [-0.25, -0.2) is 4.98 Å². The lowest BCUT2D eigenvalue weighted by Crippen LogP contribution is -2.04. The van der Waals surface area contributed by atoms with Crippen molar-refractivity contribution < 1.29 is 0 Å². The molecule has 0 spiro atoms. The molecule has 82 valence electrons. The monoisotopic (exact) mass is 234 g/mol. The van der Waals surface area contributed by atoms with Crippen LogP contribution in [0.4, 0.5) is 11.8 Å². The number of halogens is 1. The molecule has 0 saturated carbocycles. The first-order valence-corrected chi connectivity index (χ1v) is 5.19. The van der Waals surface area contributed by atoms with Gasteiger partial charge in [0.1, 0.15) is 5.02 Å². The summed E-state index contributed by atoms with van der Waals surface area (Å²) in [4.78, 5) is 7.80. The van der Waals surface area contributed by atoms with E-state index in [0.29, 0.717) is 17.4 Å². The summed E-state index contributed by atoms with van der Waals surface area (Å²) in [5.41, 5.74) is 6.62. The van der Waals surface area contributed by atoms with Gasteiger partial charge in [0.2, 0.25) is 5.95 Å². The first-order chi connectivity index (χ1) is 7.75. The Morgan fingerprint density at radius 3 is 2.75 bits per heavy atom. The molecular weight excluding hydrogens is 224 g/mol. The van der Waals surface area contributed by atoms with E-state index in [9.17, 15) is 0 Å². The highest BCUT2D eigenvalue weighted by atomic mass is 35.5. The quantitative estimate of drug-likeness (QED) is 0.856. The maximum absolute atomic E-state index is 5.92. The number of nitrogens with two attached hydrogens (primary N) is 1. The van der Waals surface area contributed by atoms with E-state index in [1.54, 1.807) is 0 Å². The van der Waals surface area contributed by atoms with Gasteiger partial charge in [0.05, 0.1) is 6.20 Å². The van der Waals surface area contributed by atoms with Gasteiger partial charge in [-0.1, -0.05) is 41.9 Å². The van der Waals surface area contributed by atoms with E-state index in [-0.39, 0.29) is 5.95 Å². The van der Waals surface area contributed by atoms with Gasteiger partial charge in [-0.05, 0) is 5.56 Å². The largest absolute Gasteiger partial charge is 0.368 e. The Morgan fingerprint density at radius 2 is 2.00 bits per heavy atom. The highest BCUT2D eigenvalue weighted by Gasteiger charge is 2.02. The molecule has 0 unspecified atom stereocenters. The fraction of sp³-hybridized carbons (Fsp3) is 0.0909. The molecule has 5 heteroatoms. The second-order valence-corrected chi connectivity index (χ2v) is 3.67. The lowest BCUT2D eigenvalue weighted by Gasteiger charge is -2.07. The topological polar surface area (TPSA) is 63.8 Å². The van der Waals surface area contributed by atoms with Crippen LogP contribution in [0.25, 0.3) is 0 Å². The van der Waals surface area contributed by atoms with Gasteiger partial charge >= 0.3 is 0 Å². The Morgan fingerprint density at radius 1 is 1.25 bits per heavy atom. The second kappa shape index (κ2) is 4.81. The Balaban J connectivity index is 2.08. The third-order valence-electron chi connectivity index (χ3n) is 2.07. The number of nitrogens with zero attached hydrogens (tertiary/aromatic N) is 2. The molecule has 1 aromatic heterocycles. The predicted molar refractivity (Wildman–Crippen MR) is 65.2 cm³/mol. The Bertz CT molecular complexity index is 473. The molecule has 2 rings (SSSR count). The summed E-state index contributed by atoms with van der Waals surface area (Å²) in [6.45, 7) is 0.650. The normalized spacial score (nSPS) is 10.1. The number of hydrogen-bond acceptors (Lipinski definition) is 4. The molecule has 0 amide bonds. The number of nitrogens with one attached hydrogen (secondary N) is 1. The van der Waals surface area contributed by atoms with Gasteiger partial charge in [0.25, 0.3) is 0 Å². The molecule has 3 N–H and O–H groups in total. The molecule has 2 aromatic rings. The smallest absolute Gasteiger partial charge is 0.222 e. The van der Waals surface area contributed by atoms with Crippen LogP contribution < -0.4 is 11.1 Å². The van der Waals surface area contributed by atoms with Crippen LogP contribution in [-0.2, 0) is 6.54 Å². The minimum atomic E-state index is 0.208. The molecule has 0 saturated heterocycles. The maximum atomic E-state index is 5.92.